The van der Waals surface area contributed by atoms with E-state index < -0.39 is 0 Å². The summed E-state index contributed by atoms with van der Waals surface area (Å²) < 4.78 is 0. The van der Waals surface area contributed by atoms with E-state index in [0.717, 1.165) is 17.0 Å². The average Bonchev–Trinajstić information content (AvgIpc) is 3.17. The van der Waals surface area contributed by atoms with E-state index in [-0.39, 0.29) is 11.9 Å². The van der Waals surface area contributed by atoms with E-state index in [1.165, 1.54) is 10.4 Å². The molecule has 0 bridgehead atoms. The maximum atomic E-state index is 12.2. The molecule has 26 heavy (non-hydrogen) atoms. The number of carbonyl (C=O) groups excluding carboxylic acids is 1. The first-order valence-corrected chi connectivity index (χ1v) is 9.91. The average molecular weight is 386 g/mol. The molecule has 0 aliphatic carbocycles. The van der Waals surface area contributed by atoms with Crippen molar-refractivity contribution in [1.82, 2.24) is 5.32 Å². The van der Waals surface area contributed by atoms with E-state index >= 15 is 0 Å². The number of quaternary nitrogens is 1. The van der Waals surface area contributed by atoms with Gasteiger partial charge in [0.1, 0.15) is 6.04 Å². The molecule has 1 aromatic heterocycles. The zero-order valence-electron chi connectivity index (χ0n) is 14.4. The maximum absolute atomic E-state index is 12.2. The van der Waals surface area contributed by atoms with E-state index in [9.17, 15) is 4.79 Å². The summed E-state index contributed by atoms with van der Waals surface area (Å²) in [4.78, 5) is 13.5. The minimum Gasteiger partial charge on any atom is -0.351 e. The number of hydrogen-bond donors (Lipinski definition) is 2. The first-order valence-electron chi connectivity index (χ1n) is 8.65. The molecule has 1 atom stereocenters. The lowest BCUT2D eigenvalue weighted by Crippen LogP contribution is -2.87. The number of rotatable bonds is 8. The Bertz CT molecular complexity index is 821. The monoisotopic (exact) mass is 385 g/mol. The molecular formula is C21H22ClN2OS+. The molecule has 2 aromatic carbocycles. The number of benzene rings is 2. The van der Waals surface area contributed by atoms with Crippen molar-refractivity contribution in [1.29, 1.82) is 0 Å². The van der Waals surface area contributed by atoms with Crippen molar-refractivity contribution >= 4 is 28.8 Å². The van der Waals surface area contributed by atoms with Gasteiger partial charge < -0.3 is 10.6 Å². The standard InChI is InChI=1S/C21H21ClN2OS/c22-18-9-4-6-16(14-18)11-12-23-20(25)15-24-21(19-10-5-13-26-19)17-7-2-1-3-8-17/h1-10,13-14,21,24H,11-12,15H2,(H,23,25)/p+1/t21-/m1/s1. The number of carbonyl (C=O) groups is 1. The van der Waals surface area contributed by atoms with Gasteiger partial charge in [-0.05, 0) is 35.6 Å². The number of halogens is 1. The number of nitrogens with two attached hydrogens (primary N) is 1. The van der Waals surface area contributed by atoms with Crippen molar-refractivity contribution in [3.63, 3.8) is 0 Å². The third kappa shape index (κ3) is 5.43. The van der Waals surface area contributed by atoms with Crippen molar-refractivity contribution in [2.75, 3.05) is 13.1 Å². The second-order valence-electron chi connectivity index (χ2n) is 6.07. The molecule has 0 saturated heterocycles. The van der Waals surface area contributed by atoms with Gasteiger partial charge in [-0.1, -0.05) is 60.1 Å². The van der Waals surface area contributed by atoms with Gasteiger partial charge in [0.25, 0.3) is 5.91 Å². The Labute approximate surface area is 163 Å². The minimum absolute atomic E-state index is 0.0458. The lowest BCUT2D eigenvalue weighted by Gasteiger charge is -2.14. The predicted molar refractivity (Wildman–Crippen MR) is 108 cm³/mol. The highest BCUT2D eigenvalue weighted by molar-refractivity contribution is 7.10. The first kappa shape index (κ1) is 18.6. The molecule has 0 spiro atoms. The molecular weight excluding hydrogens is 364 g/mol. The smallest absolute Gasteiger partial charge is 0.275 e. The van der Waals surface area contributed by atoms with Gasteiger partial charge in [0.05, 0.1) is 4.88 Å². The van der Waals surface area contributed by atoms with Crippen LogP contribution in [0.2, 0.25) is 5.02 Å². The molecule has 3 rings (SSSR count). The van der Waals surface area contributed by atoms with Crippen LogP contribution in [0.25, 0.3) is 0 Å². The summed E-state index contributed by atoms with van der Waals surface area (Å²) in [6.07, 6.45) is 0.777. The largest absolute Gasteiger partial charge is 0.351 e. The van der Waals surface area contributed by atoms with Crippen LogP contribution in [-0.2, 0) is 11.2 Å². The molecule has 0 aliphatic rings. The summed E-state index contributed by atoms with van der Waals surface area (Å²) in [5.74, 6) is 0.0458. The highest BCUT2D eigenvalue weighted by atomic mass is 35.5. The van der Waals surface area contributed by atoms with Gasteiger partial charge in [-0.3, -0.25) is 4.79 Å². The lowest BCUT2D eigenvalue weighted by molar-refractivity contribution is -0.676. The minimum atomic E-state index is 0.0458. The Kier molecular flexibility index (Phi) is 6.83. The van der Waals surface area contributed by atoms with Crippen molar-refractivity contribution in [3.8, 4) is 0 Å². The molecule has 1 amide bonds. The third-order valence-electron chi connectivity index (χ3n) is 4.17. The van der Waals surface area contributed by atoms with Crippen LogP contribution in [0.5, 0.6) is 0 Å². The van der Waals surface area contributed by atoms with Crippen LogP contribution in [0.3, 0.4) is 0 Å². The quantitative estimate of drug-likeness (QED) is 0.613. The number of thiophene rings is 1. The fraction of sp³-hybridized carbons (Fsp3) is 0.190. The van der Waals surface area contributed by atoms with Gasteiger partial charge in [-0.25, -0.2) is 0 Å². The molecule has 5 heteroatoms. The lowest BCUT2D eigenvalue weighted by atomic mass is 10.1. The van der Waals surface area contributed by atoms with Gasteiger partial charge in [0, 0.05) is 17.1 Å². The van der Waals surface area contributed by atoms with E-state index in [1.54, 1.807) is 11.3 Å². The summed E-state index contributed by atoms with van der Waals surface area (Å²) >= 11 is 7.71. The summed E-state index contributed by atoms with van der Waals surface area (Å²) in [5, 5.41) is 7.89. The van der Waals surface area contributed by atoms with Crippen LogP contribution in [0, 0.1) is 0 Å². The second-order valence-corrected chi connectivity index (χ2v) is 7.49. The highest BCUT2D eigenvalue weighted by Crippen LogP contribution is 2.22. The van der Waals surface area contributed by atoms with Crippen LogP contribution in [0.4, 0.5) is 0 Å². The summed E-state index contributed by atoms with van der Waals surface area (Å²) in [6.45, 7) is 1.01. The third-order valence-corrected chi connectivity index (χ3v) is 5.36. The van der Waals surface area contributed by atoms with Crippen molar-refractivity contribution < 1.29 is 10.1 Å². The van der Waals surface area contributed by atoms with Gasteiger partial charge in [0.15, 0.2) is 6.54 Å². The van der Waals surface area contributed by atoms with E-state index in [4.69, 9.17) is 11.6 Å². The molecule has 0 unspecified atom stereocenters. The highest BCUT2D eigenvalue weighted by Gasteiger charge is 2.19. The van der Waals surface area contributed by atoms with Gasteiger partial charge in [0.2, 0.25) is 0 Å². The van der Waals surface area contributed by atoms with Crippen LogP contribution < -0.4 is 10.6 Å². The fourth-order valence-electron chi connectivity index (χ4n) is 2.88. The molecule has 134 valence electrons. The van der Waals surface area contributed by atoms with Crippen LogP contribution in [-0.4, -0.2) is 19.0 Å². The zero-order valence-corrected chi connectivity index (χ0v) is 16.0. The molecule has 0 saturated carbocycles. The SMILES string of the molecule is O=C(C[NH2+][C@H](c1ccccc1)c1cccs1)NCCc1cccc(Cl)c1. The van der Waals surface area contributed by atoms with E-state index in [1.807, 2.05) is 42.5 Å². The Hall–Kier alpha value is -2.14. The zero-order chi connectivity index (χ0) is 18.2. The Morgan fingerprint density at radius 2 is 1.92 bits per heavy atom. The second kappa shape index (κ2) is 9.53. The fourth-order valence-corrected chi connectivity index (χ4v) is 3.94. The van der Waals surface area contributed by atoms with Crippen molar-refractivity contribution in [3.05, 3.63) is 93.1 Å². The summed E-state index contributed by atoms with van der Waals surface area (Å²) in [6, 6.07) is 22.4. The van der Waals surface area contributed by atoms with Gasteiger partial charge >= 0.3 is 0 Å². The molecule has 3 aromatic rings. The normalized spacial score (nSPS) is 11.9. The number of amides is 1. The number of hydrogen-bond acceptors (Lipinski definition) is 2. The summed E-state index contributed by atoms with van der Waals surface area (Å²) in [5.41, 5.74) is 2.34. The van der Waals surface area contributed by atoms with Gasteiger partial charge in [-0.15, -0.1) is 11.3 Å². The topological polar surface area (TPSA) is 45.7 Å². The molecule has 3 N–H and O–H groups in total. The van der Waals surface area contributed by atoms with Gasteiger partial charge in [-0.2, -0.15) is 0 Å². The predicted octanol–water partition coefficient (Wildman–Crippen LogP) is 3.41. The Balaban J connectivity index is 1.51. The van der Waals surface area contributed by atoms with Crippen molar-refractivity contribution in [2.24, 2.45) is 0 Å². The molecule has 0 aliphatic heterocycles. The summed E-state index contributed by atoms with van der Waals surface area (Å²) in [7, 11) is 0. The Morgan fingerprint density at radius 3 is 2.65 bits per heavy atom. The van der Waals surface area contributed by atoms with E-state index in [0.29, 0.717) is 13.1 Å². The van der Waals surface area contributed by atoms with Crippen LogP contribution in [0.15, 0.2) is 72.1 Å². The molecule has 1 heterocycles. The molecule has 0 radical (unpaired) electrons. The molecule has 0 fully saturated rings. The van der Waals surface area contributed by atoms with Crippen LogP contribution in [0.1, 0.15) is 22.0 Å². The Morgan fingerprint density at radius 1 is 1.08 bits per heavy atom. The molecule has 3 nitrogen and oxygen atoms in total. The van der Waals surface area contributed by atoms with E-state index in [2.05, 4.69) is 40.3 Å². The van der Waals surface area contributed by atoms with Crippen LogP contribution >= 0.6 is 22.9 Å². The maximum Gasteiger partial charge on any atom is 0.275 e. The first-order chi connectivity index (χ1) is 12.7. The van der Waals surface area contributed by atoms with Crippen molar-refractivity contribution in [2.45, 2.75) is 12.5 Å². The number of nitrogens with one attached hydrogen (secondary N) is 1.